The maximum absolute atomic E-state index is 12.8. The van der Waals surface area contributed by atoms with E-state index in [2.05, 4.69) is 39.6 Å². The number of benzene rings is 2. The van der Waals surface area contributed by atoms with E-state index < -0.39 is 5.54 Å². The molecule has 3 unspecified atom stereocenters. The van der Waals surface area contributed by atoms with Gasteiger partial charge < -0.3 is 10.1 Å². The lowest BCUT2D eigenvalue weighted by atomic mass is 9.80. The summed E-state index contributed by atoms with van der Waals surface area (Å²) in [6, 6.07) is 17.7. The lowest BCUT2D eigenvalue weighted by Gasteiger charge is -2.36. The molecule has 3 aromatic rings. The van der Waals surface area contributed by atoms with Gasteiger partial charge in [0, 0.05) is 48.7 Å². The van der Waals surface area contributed by atoms with Gasteiger partial charge in [-0.25, -0.2) is 9.97 Å². The van der Waals surface area contributed by atoms with Crippen LogP contribution in [0.2, 0.25) is 0 Å². The highest BCUT2D eigenvalue weighted by atomic mass is 32.2. The molecule has 6 nitrogen and oxygen atoms in total. The predicted molar refractivity (Wildman–Crippen MR) is 126 cm³/mol. The van der Waals surface area contributed by atoms with Crippen LogP contribution in [0, 0.1) is 5.92 Å². The minimum atomic E-state index is -0.434. The summed E-state index contributed by atoms with van der Waals surface area (Å²) >= 11 is 1.61. The number of fused-ring (bicyclic) bond motifs is 1. The zero-order valence-electron chi connectivity index (χ0n) is 17.8. The lowest BCUT2D eigenvalue weighted by molar-refractivity contribution is 0.0977. The monoisotopic (exact) mass is 444 g/mol. The van der Waals surface area contributed by atoms with Crippen LogP contribution < -0.4 is 5.32 Å². The molecule has 0 spiro atoms. The van der Waals surface area contributed by atoms with Gasteiger partial charge in [0.2, 0.25) is 0 Å². The lowest BCUT2D eigenvalue weighted by Crippen LogP contribution is -2.40. The number of methoxy groups -OCH3 is 1. The number of amides is 1. The van der Waals surface area contributed by atoms with Gasteiger partial charge in [0.05, 0.1) is 11.6 Å². The van der Waals surface area contributed by atoms with E-state index in [1.807, 2.05) is 42.7 Å². The highest BCUT2D eigenvalue weighted by Crippen LogP contribution is 2.52. The van der Waals surface area contributed by atoms with Crippen LogP contribution in [-0.2, 0) is 10.3 Å². The molecule has 1 N–H and O–H groups in total. The second kappa shape index (κ2) is 8.84. The van der Waals surface area contributed by atoms with Crippen LogP contribution in [0.4, 0.5) is 0 Å². The molecule has 2 aromatic carbocycles. The first-order chi connectivity index (χ1) is 15.7. The summed E-state index contributed by atoms with van der Waals surface area (Å²) in [6.07, 6.45) is 7.04. The average molecular weight is 445 g/mol. The summed E-state index contributed by atoms with van der Waals surface area (Å²) in [6.45, 7) is 0. The SMILES string of the molecule is COC1CC2CSC(NC(=O)c3ccccc3)=NC2(c2cccc(-c3cncnc3)c2)C1. The second-order valence-corrected chi connectivity index (χ2v) is 9.18. The molecule has 1 saturated carbocycles. The van der Waals surface area contributed by atoms with Gasteiger partial charge in [-0.15, -0.1) is 0 Å². The Bertz CT molecular complexity index is 1140. The summed E-state index contributed by atoms with van der Waals surface area (Å²) in [5, 5.41) is 3.70. The molecule has 1 aliphatic carbocycles. The molecule has 32 heavy (non-hydrogen) atoms. The van der Waals surface area contributed by atoms with Gasteiger partial charge >= 0.3 is 0 Å². The van der Waals surface area contributed by atoms with Gasteiger partial charge in [0.1, 0.15) is 6.33 Å². The molecule has 0 bridgehead atoms. The first-order valence-corrected chi connectivity index (χ1v) is 11.6. The van der Waals surface area contributed by atoms with Crippen molar-refractivity contribution in [2.45, 2.75) is 24.5 Å². The Morgan fingerprint density at radius 3 is 2.69 bits per heavy atom. The molecule has 1 amide bonds. The quantitative estimate of drug-likeness (QED) is 0.649. The number of carbonyl (C=O) groups excluding carboxylic acids is 1. The van der Waals surface area contributed by atoms with E-state index in [-0.39, 0.29) is 12.0 Å². The van der Waals surface area contributed by atoms with E-state index in [0.717, 1.165) is 35.3 Å². The van der Waals surface area contributed by atoms with Crippen molar-refractivity contribution < 1.29 is 9.53 Å². The van der Waals surface area contributed by atoms with Gasteiger partial charge in [-0.05, 0) is 35.7 Å². The number of aliphatic imine (C=N–C) groups is 1. The van der Waals surface area contributed by atoms with Gasteiger partial charge in [-0.1, -0.05) is 48.2 Å². The van der Waals surface area contributed by atoms with Crippen LogP contribution in [0.5, 0.6) is 0 Å². The fourth-order valence-electron chi connectivity index (χ4n) is 4.68. The molecular weight excluding hydrogens is 420 g/mol. The Morgan fingerprint density at radius 2 is 1.91 bits per heavy atom. The molecule has 1 aromatic heterocycles. The van der Waals surface area contributed by atoms with Crippen molar-refractivity contribution in [1.82, 2.24) is 15.3 Å². The minimum Gasteiger partial charge on any atom is -0.381 e. The van der Waals surface area contributed by atoms with E-state index in [4.69, 9.17) is 9.73 Å². The third-order valence-electron chi connectivity index (χ3n) is 6.33. The molecule has 3 atom stereocenters. The van der Waals surface area contributed by atoms with Crippen LogP contribution in [-0.4, -0.2) is 40.0 Å². The van der Waals surface area contributed by atoms with Crippen LogP contribution in [0.3, 0.4) is 0 Å². The number of hydrogen-bond acceptors (Lipinski definition) is 6. The molecule has 2 aliphatic rings. The van der Waals surface area contributed by atoms with Gasteiger partial charge in [0.15, 0.2) is 5.17 Å². The first-order valence-electron chi connectivity index (χ1n) is 10.7. The first kappa shape index (κ1) is 20.8. The molecule has 1 fully saturated rings. The summed E-state index contributed by atoms with van der Waals surface area (Å²) in [4.78, 5) is 26.3. The molecule has 7 heteroatoms. The van der Waals surface area contributed by atoms with Crippen molar-refractivity contribution in [2.24, 2.45) is 10.9 Å². The Kier molecular flexibility index (Phi) is 5.76. The van der Waals surface area contributed by atoms with Crippen molar-refractivity contribution in [2.75, 3.05) is 12.9 Å². The maximum atomic E-state index is 12.8. The van der Waals surface area contributed by atoms with Gasteiger partial charge in [0.25, 0.3) is 5.91 Å². The number of ether oxygens (including phenoxy) is 1. The van der Waals surface area contributed by atoms with E-state index in [1.54, 1.807) is 18.9 Å². The molecule has 2 heterocycles. The molecule has 5 rings (SSSR count). The van der Waals surface area contributed by atoms with Crippen molar-refractivity contribution in [3.63, 3.8) is 0 Å². The van der Waals surface area contributed by atoms with Crippen molar-refractivity contribution >= 4 is 22.8 Å². The van der Waals surface area contributed by atoms with Gasteiger partial charge in [-0.2, -0.15) is 0 Å². The Morgan fingerprint density at radius 1 is 1.09 bits per heavy atom. The predicted octanol–water partition coefficient (Wildman–Crippen LogP) is 4.30. The number of nitrogens with zero attached hydrogens (tertiary/aromatic N) is 3. The molecule has 162 valence electrons. The van der Waals surface area contributed by atoms with E-state index >= 15 is 0 Å². The van der Waals surface area contributed by atoms with Gasteiger partial charge in [-0.3, -0.25) is 9.79 Å². The van der Waals surface area contributed by atoms with Crippen LogP contribution in [0.1, 0.15) is 28.8 Å². The molecule has 1 aliphatic heterocycles. The molecular formula is C25H24N4O2S. The number of hydrogen-bond donors (Lipinski definition) is 1. The summed E-state index contributed by atoms with van der Waals surface area (Å²) in [5.41, 5.74) is 3.35. The highest BCUT2D eigenvalue weighted by molar-refractivity contribution is 8.13. The smallest absolute Gasteiger partial charge is 0.257 e. The third kappa shape index (κ3) is 3.94. The number of rotatable bonds is 4. The van der Waals surface area contributed by atoms with Crippen molar-refractivity contribution in [1.29, 1.82) is 0 Å². The Hall–Kier alpha value is -3.03. The van der Waals surface area contributed by atoms with Crippen molar-refractivity contribution in [3.05, 3.63) is 84.4 Å². The molecule has 0 saturated heterocycles. The number of nitrogens with one attached hydrogen (secondary N) is 1. The maximum Gasteiger partial charge on any atom is 0.257 e. The zero-order chi connectivity index (χ0) is 22.0. The number of aromatic nitrogens is 2. The minimum absolute atomic E-state index is 0.136. The standard InChI is InChI=1S/C25H24N4O2S/c1-31-22-11-21-15-32-24(28-23(30)17-6-3-2-4-7-17)29-25(21,12-22)20-9-5-8-18(10-20)19-13-26-16-27-14-19/h2-10,13-14,16,21-22H,11-12,15H2,1H3,(H,28,29,30). The Labute approximate surface area is 191 Å². The van der Waals surface area contributed by atoms with E-state index in [0.29, 0.717) is 16.6 Å². The number of amidine groups is 1. The van der Waals surface area contributed by atoms with Crippen LogP contribution >= 0.6 is 11.8 Å². The van der Waals surface area contributed by atoms with E-state index in [1.165, 1.54) is 6.33 Å². The topological polar surface area (TPSA) is 76.5 Å². The summed E-state index contributed by atoms with van der Waals surface area (Å²) in [5.74, 6) is 1.07. The highest BCUT2D eigenvalue weighted by Gasteiger charge is 2.51. The van der Waals surface area contributed by atoms with E-state index in [9.17, 15) is 4.79 Å². The van der Waals surface area contributed by atoms with Crippen molar-refractivity contribution in [3.8, 4) is 11.1 Å². The molecule has 0 radical (unpaired) electrons. The Balaban J connectivity index is 1.52. The zero-order valence-corrected chi connectivity index (χ0v) is 18.6. The second-order valence-electron chi connectivity index (χ2n) is 8.17. The number of carbonyl (C=O) groups is 1. The fourth-order valence-corrected chi connectivity index (χ4v) is 5.85. The van der Waals surface area contributed by atoms with Crippen LogP contribution in [0.15, 0.2) is 78.3 Å². The summed E-state index contributed by atoms with van der Waals surface area (Å²) < 4.78 is 5.76. The fraction of sp³-hybridized carbons (Fsp3) is 0.280. The largest absolute Gasteiger partial charge is 0.381 e. The van der Waals surface area contributed by atoms with Crippen LogP contribution in [0.25, 0.3) is 11.1 Å². The third-order valence-corrected chi connectivity index (χ3v) is 7.37. The number of thioether (sulfide) groups is 1. The normalized spacial score (nSPS) is 24.5. The average Bonchev–Trinajstić information content (AvgIpc) is 3.25. The summed E-state index contributed by atoms with van der Waals surface area (Å²) in [7, 11) is 1.77.